The third kappa shape index (κ3) is 4.05. The second kappa shape index (κ2) is 6.66. The van der Waals surface area contributed by atoms with Crippen LogP contribution in [0.5, 0.6) is 0 Å². The first-order valence-corrected chi connectivity index (χ1v) is 7.08. The van der Waals surface area contributed by atoms with Crippen LogP contribution in [-0.4, -0.2) is 38.5 Å². The first-order valence-electron chi connectivity index (χ1n) is 5.08. The SMILES string of the molecule is CC(CCNc1ncnc(Cl)c1C=O)S(C)=O. The van der Waals surface area contributed by atoms with Gasteiger partial charge in [-0.3, -0.25) is 9.00 Å². The molecule has 17 heavy (non-hydrogen) atoms. The maximum atomic E-state index is 11.1. The van der Waals surface area contributed by atoms with Crippen molar-refractivity contribution in [1.29, 1.82) is 0 Å². The second-order valence-electron chi connectivity index (χ2n) is 3.57. The number of aldehydes is 1. The van der Waals surface area contributed by atoms with E-state index in [-0.39, 0.29) is 16.0 Å². The first-order chi connectivity index (χ1) is 8.06. The number of aromatic nitrogens is 2. The van der Waals surface area contributed by atoms with Gasteiger partial charge in [0.05, 0.1) is 5.56 Å². The van der Waals surface area contributed by atoms with E-state index in [4.69, 9.17) is 11.6 Å². The van der Waals surface area contributed by atoms with Crippen LogP contribution in [0.3, 0.4) is 0 Å². The average molecular weight is 276 g/mol. The number of halogens is 1. The number of hydrogen-bond acceptors (Lipinski definition) is 5. The summed E-state index contributed by atoms with van der Waals surface area (Å²) in [7, 11) is -0.848. The van der Waals surface area contributed by atoms with Crippen LogP contribution in [0.15, 0.2) is 6.33 Å². The smallest absolute Gasteiger partial charge is 0.156 e. The van der Waals surface area contributed by atoms with Crippen LogP contribution >= 0.6 is 11.6 Å². The Hall–Kier alpha value is -1.01. The molecule has 1 N–H and O–H groups in total. The summed E-state index contributed by atoms with van der Waals surface area (Å²) in [6.07, 6.45) is 4.30. The third-order valence-electron chi connectivity index (χ3n) is 2.36. The molecule has 94 valence electrons. The zero-order valence-corrected chi connectivity index (χ0v) is 11.2. The minimum Gasteiger partial charge on any atom is -0.369 e. The Morgan fingerprint density at radius 1 is 1.59 bits per heavy atom. The highest BCUT2D eigenvalue weighted by molar-refractivity contribution is 7.84. The fraction of sp³-hybridized carbons (Fsp3) is 0.500. The summed E-state index contributed by atoms with van der Waals surface area (Å²) >= 11 is 5.75. The molecule has 0 saturated heterocycles. The van der Waals surface area contributed by atoms with E-state index >= 15 is 0 Å². The lowest BCUT2D eigenvalue weighted by Gasteiger charge is -2.10. The first kappa shape index (κ1) is 14.1. The van der Waals surface area contributed by atoms with Crippen molar-refractivity contribution in [3.05, 3.63) is 17.0 Å². The van der Waals surface area contributed by atoms with E-state index in [2.05, 4.69) is 15.3 Å². The second-order valence-corrected chi connectivity index (χ2v) is 5.73. The molecule has 0 amide bonds. The highest BCUT2D eigenvalue weighted by atomic mass is 35.5. The Morgan fingerprint density at radius 3 is 2.88 bits per heavy atom. The van der Waals surface area contributed by atoms with E-state index in [1.165, 1.54) is 6.33 Å². The van der Waals surface area contributed by atoms with Gasteiger partial charge in [0.25, 0.3) is 0 Å². The fourth-order valence-electron chi connectivity index (χ4n) is 1.18. The fourth-order valence-corrected chi connectivity index (χ4v) is 1.81. The minimum absolute atomic E-state index is 0.0968. The van der Waals surface area contributed by atoms with Crippen LogP contribution < -0.4 is 5.32 Å². The summed E-state index contributed by atoms with van der Waals surface area (Å²) in [6.45, 7) is 2.49. The van der Waals surface area contributed by atoms with Crippen molar-refractivity contribution >= 4 is 34.5 Å². The Kier molecular flexibility index (Phi) is 5.50. The molecular formula is C10H14ClN3O2S. The molecule has 0 radical (unpaired) electrons. The molecule has 5 nitrogen and oxygen atoms in total. The molecule has 1 aromatic rings. The molecule has 0 fully saturated rings. The minimum atomic E-state index is -0.848. The predicted octanol–water partition coefficient (Wildman–Crippen LogP) is 1.51. The summed E-state index contributed by atoms with van der Waals surface area (Å²) in [5, 5.41) is 3.22. The summed E-state index contributed by atoms with van der Waals surface area (Å²) < 4.78 is 11.1. The van der Waals surface area contributed by atoms with Crippen LogP contribution in [0.2, 0.25) is 5.15 Å². The highest BCUT2D eigenvalue weighted by Crippen LogP contribution is 2.17. The molecule has 7 heteroatoms. The van der Waals surface area contributed by atoms with Crippen molar-refractivity contribution < 1.29 is 9.00 Å². The van der Waals surface area contributed by atoms with Crippen LogP contribution in [0.1, 0.15) is 23.7 Å². The number of anilines is 1. The summed E-state index contributed by atoms with van der Waals surface area (Å²) in [4.78, 5) is 18.5. The molecule has 0 aliphatic carbocycles. The molecule has 0 aromatic carbocycles. The van der Waals surface area contributed by atoms with E-state index in [9.17, 15) is 9.00 Å². The highest BCUT2D eigenvalue weighted by Gasteiger charge is 2.10. The van der Waals surface area contributed by atoms with Crippen molar-refractivity contribution in [2.75, 3.05) is 18.1 Å². The van der Waals surface area contributed by atoms with Gasteiger partial charge in [-0.15, -0.1) is 0 Å². The molecule has 1 rings (SSSR count). The lowest BCUT2D eigenvalue weighted by molar-refractivity contribution is 0.112. The molecule has 1 aromatic heterocycles. The van der Waals surface area contributed by atoms with Gasteiger partial charge in [-0.2, -0.15) is 0 Å². The topological polar surface area (TPSA) is 72.0 Å². The lowest BCUT2D eigenvalue weighted by atomic mass is 10.3. The van der Waals surface area contributed by atoms with Gasteiger partial charge in [-0.05, 0) is 6.42 Å². The van der Waals surface area contributed by atoms with Gasteiger partial charge in [0.1, 0.15) is 17.3 Å². The molecule has 0 saturated carbocycles. The van der Waals surface area contributed by atoms with Gasteiger partial charge in [0.15, 0.2) is 6.29 Å². The number of nitrogens with one attached hydrogen (secondary N) is 1. The van der Waals surface area contributed by atoms with Crippen LogP contribution in [0, 0.1) is 0 Å². The standard InChI is InChI=1S/C10H14ClN3O2S/c1-7(17(2)16)3-4-12-10-8(5-15)9(11)13-6-14-10/h5-7H,3-4H2,1-2H3,(H,12,13,14). The molecule has 0 aliphatic heterocycles. The zero-order chi connectivity index (χ0) is 12.8. The van der Waals surface area contributed by atoms with Gasteiger partial charge < -0.3 is 5.32 Å². The Morgan fingerprint density at radius 2 is 2.29 bits per heavy atom. The van der Waals surface area contributed by atoms with Crippen molar-refractivity contribution in [1.82, 2.24) is 9.97 Å². The summed E-state index contributed by atoms with van der Waals surface area (Å²) in [5.74, 6) is 0.411. The van der Waals surface area contributed by atoms with E-state index in [0.717, 1.165) is 6.42 Å². The number of carbonyl (C=O) groups excluding carboxylic acids is 1. The van der Waals surface area contributed by atoms with Crippen LogP contribution in [0.25, 0.3) is 0 Å². The molecule has 2 atom stereocenters. The Bertz CT molecular complexity index is 428. The number of hydrogen-bond donors (Lipinski definition) is 1. The Balaban J connectivity index is 2.61. The van der Waals surface area contributed by atoms with Crippen LogP contribution in [0.4, 0.5) is 5.82 Å². The lowest BCUT2D eigenvalue weighted by Crippen LogP contribution is -2.16. The molecule has 1 heterocycles. The monoisotopic (exact) mass is 275 g/mol. The quantitative estimate of drug-likeness (QED) is 0.629. The van der Waals surface area contributed by atoms with Gasteiger partial charge in [0.2, 0.25) is 0 Å². The predicted molar refractivity (Wildman–Crippen MR) is 69.1 cm³/mol. The largest absolute Gasteiger partial charge is 0.369 e. The summed E-state index contributed by atoms with van der Waals surface area (Å²) in [6, 6.07) is 0. The van der Waals surface area contributed by atoms with E-state index in [1.54, 1.807) is 6.26 Å². The van der Waals surface area contributed by atoms with Gasteiger partial charge in [0, 0.05) is 28.9 Å². The van der Waals surface area contributed by atoms with Gasteiger partial charge >= 0.3 is 0 Å². The van der Waals surface area contributed by atoms with Crippen LogP contribution in [-0.2, 0) is 10.8 Å². The number of rotatable bonds is 6. The molecule has 0 aliphatic rings. The molecular weight excluding hydrogens is 262 g/mol. The zero-order valence-electron chi connectivity index (χ0n) is 9.64. The molecule has 0 spiro atoms. The maximum absolute atomic E-state index is 11.1. The number of nitrogens with zero attached hydrogens (tertiary/aromatic N) is 2. The third-order valence-corrected chi connectivity index (χ3v) is 4.03. The molecule has 0 bridgehead atoms. The maximum Gasteiger partial charge on any atom is 0.156 e. The van der Waals surface area contributed by atoms with Crippen molar-refractivity contribution in [3.63, 3.8) is 0 Å². The van der Waals surface area contributed by atoms with E-state index < -0.39 is 10.8 Å². The number of carbonyl (C=O) groups is 1. The average Bonchev–Trinajstić information content (AvgIpc) is 2.29. The van der Waals surface area contributed by atoms with Gasteiger partial charge in [-0.25, -0.2) is 9.97 Å². The van der Waals surface area contributed by atoms with Gasteiger partial charge in [-0.1, -0.05) is 18.5 Å². The molecule has 2 unspecified atom stereocenters. The normalized spacial score (nSPS) is 14.1. The van der Waals surface area contributed by atoms with Crippen molar-refractivity contribution in [2.45, 2.75) is 18.6 Å². The van der Waals surface area contributed by atoms with Crippen molar-refractivity contribution in [2.24, 2.45) is 0 Å². The Labute approximate surface area is 107 Å². The van der Waals surface area contributed by atoms with E-state index in [1.807, 2.05) is 6.92 Å². The van der Waals surface area contributed by atoms with Crippen molar-refractivity contribution in [3.8, 4) is 0 Å². The van der Waals surface area contributed by atoms with E-state index in [0.29, 0.717) is 18.6 Å². The summed E-state index contributed by atoms with van der Waals surface area (Å²) in [5.41, 5.74) is 0.249.